The van der Waals surface area contributed by atoms with Crippen LogP contribution >= 0.6 is 11.6 Å². The summed E-state index contributed by atoms with van der Waals surface area (Å²) in [5.74, 6) is 0.997. The first-order chi connectivity index (χ1) is 15.5. The number of aliphatic carboxylic acids is 1. The number of rotatable bonds is 6. The van der Waals surface area contributed by atoms with Crippen LogP contribution in [0.15, 0.2) is 83.9 Å². The maximum Gasteiger partial charge on any atom is 0.347 e. The third-order valence-electron chi connectivity index (χ3n) is 5.16. The van der Waals surface area contributed by atoms with E-state index >= 15 is 0 Å². The van der Waals surface area contributed by atoms with Crippen LogP contribution in [0.1, 0.15) is 11.1 Å². The van der Waals surface area contributed by atoms with Crippen molar-refractivity contribution in [2.75, 3.05) is 7.11 Å². The minimum Gasteiger partial charge on any atom is -0.497 e. The van der Waals surface area contributed by atoms with Crippen LogP contribution in [0.5, 0.6) is 17.2 Å². The van der Waals surface area contributed by atoms with Crippen LogP contribution in [-0.2, 0) is 4.79 Å². The molecule has 0 saturated carbocycles. The van der Waals surface area contributed by atoms with Gasteiger partial charge in [-0.3, -0.25) is 0 Å². The fraction of sp³-hybridized carbons (Fsp3) is 0.0741. The van der Waals surface area contributed by atoms with Crippen LogP contribution < -0.4 is 9.47 Å². The van der Waals surface area contributed by atoms with Gasteiger partial charge >= 0.3 is 5.97 Å². The molecule has 0 amide bonds. The quantitative estimate of drug-likeness (QED) is 0.317. The molecule has 0 atom stereocenters. The van der Waals surface area contributed by atoms with E-state index in [4.69, 9.17) is 26.2 Å². The molecule has 0 heterocycles. The van der Waals surface area contributed by atoms with Gasteiger partial charge in [0.25, 0.3) is 0 Å². The van der Waals surface area contributed by atoms with Crippen molar-refractivity contribution in [2.24, 2.45) is 0 Å². The Morgan fingerprint density at radius 2 is 1.62 bits per heavy atom. The smallest absolute Gasteiger partial charge is 0.347 e. The molecular formula is C27H21ClO4. The summed E-state index contributed by atoms with van der Waals surface area (Å²) in [5.41, 5.74) is 3.83. The standard InChI is InChI=1S/C27H21ClO4/c1-17-14-20-16-22(31-2)12-13-23(20)26(25(17)19-6-4-3-5-7-19)32-21-10-8-18(9-11-21)15-24(28)27(29)30/h3-16H,1-2H3,(H,29,30). The number of hydrogen-bond donors (Lipinski definition) is 1. The second-order valence-corrected chi connectivity index (χ2v) is 7.73. The van der Waals surface area contributed by atoms with Crippen LogP contribution in [0.3, 0.4) is 0 Å². The van der Waals surface area contributed by atoms with Gasteiger partial charge in [-0.2, -0.15) is 0 Å². The zero-order chi connectivity index (χ0) is 22.7. The first kappa shape index (κ1) is 21.5. The lowest BCUT2D eigenvalue weighted by molar-refractivity contribution is -0.131. The van der Waals surface area contributed by atoms with Crippen molar-refractivity contribution in [1.29, 1.82) is 0 Å². The van der Waals surface area contributed by atoms with Gasteiger partial charge in [0.05, 0.1) is 7.11 Å². The molecule has 5 heteroatoms. The Morgan fingerprint density at radius 3 is 2.28 bits per heavy atom. The summed E-state index contributed by atoms with van der Waals surface area (Å²) in [4.78, 5) is 11.0. The van der Waals surface area contributed by atoms with Gasteiger partial charge in [-0.05, 0) is 65.4 Å². The minimum absolute atomic E-state index is 0.247. The number of benzene rings is 4. The second kappa shape index (κ2) is 9.16. The van der Waals surface area contributed by atoms with Gasteiger partial charge in [0.15, 0.2) is 0 Å². The van der Waals surface area contributed by atoms with E-state index in [0.717, 1.165) is 39.0 Å². The molecule has 0 aliphatic rings. The topological polar surface area (TPSA) is 55.8 Å². The molecule has 0 radical (unpaired) electrons. The summed E-state index contributed by atoms with van der Waals surface area (Å²) in [6, 6.07) is 25.3. The molecule has 0 fully saturated rings. The van der Waals surface area contributed by atoms with Gasteiger partial charge in [0, 0.05) is 10.9 Å². The molecule has 1 N–H and O–H groups in total. The summed E-state index contributed by atoms with van der Waals surface area (Å²) in [7, 11) is 1.65. The van der Waals surface area contributed by atoms with E-state index in [2.05, 4.69) is 25.1 Å². The Balaban J connectivity index is 1.83. The van der Waals surface area contributed by atoms with Gasteiger partial charge in [-0.1, -0.05) is 60.1 Å². The maximum absolute atomic E-state index is 11.0. The Labute approximate surface area is 191 Å². The van der Waals surface area contributed by atoms with Crippen LogP contribution in [0.4, 0.5) is 0 Å². The number of fused-ring (bicyclic) bond motifs is 1. The Hall–Kier alpha value is -3.76. The van der Waals surface area contributed by atoms with E-state index in [0.29, 0.717) is 11.3 Å². The summed E-state index contributed by atoms with van der Waals surface area (Å²) in [6.07, 6.45) is 1.40. The Morgan fingerprint density at radius 1 is 0.938 bits per heavy atom. The van der Waals surface area contributed by atoms with E-state index in [1.54, 1.807) is 31.4 Å². The van der Waals surface area contributed by atoms with Gasteiger partial charge in [-0.25, -0.2) is 4.79 Å². The number of halogens is 1. The molecular weight excluding hydrogens is 424 g/mol. The van der Waals surface area contributed by atoms with Gasteiger partial charge in [-0.15, -0.1) is 0 Å². The predicted molar refractivity (Wildman–Crippen MR) is 129 cm³/mol. The largest absolute Gasteiger partial charge is 0.497 e. The van der Waals surface area contributed by atoms with Crippen molar-refractivity contribution < 1.29 is 19.4 Å². The van der Waals surface area contributed by atoms with Crippen molar-refractivity contribution >= 4 is 34.4 Å². The predicted octanol–water partition coefficient (Wildman–Crippen LogP) is 7.28. The Bertz CT molecular complexity index is 1310. The molecule has 0 spiro atoms. The second-order valence-electron chi connectivity index (χ2n) is 7.32. The number of ether oxygens (including phenoxy) is 2. The van der Waals surface area contributed by atoms with E-state index in [1.165, 1.54) is 6.08 Å². The third kappa shape index (κ3) is 4.46. The van der Waals surface area contributed by atoms with Gasteiger partial charge in [0.2, 0.25) is 0 Å². The molecule has 4 aromatic rings. The lowest BCUT2D eigenvalue weighted by Crippen LogP contribution is -1.95. The van der Waals surface area contributed by atoms with Crippen molar-refractivity contribution in [3.05, 3.63) is 95.0 Å². The molecule has 0 saturated heterocycles. The zero-order valence-corrected chi connectivity index (χ0v) is 18.4. The molecule has 0 bridgehead atoms. The number of methoxy groups -OCH3 is 1. The number of carboxylic acids is 1. The summed E-state index contributed by atoms with van der Waals surface area (Å²) in [5, 5.41) is 10.7. The van der Waals surface area contributed by atoms with Crippen LogP contribution in [0.25, 0.3) is 28.0 Å². The summed E-state index contributed by atoms with van der Waals surface area (Å²) < 4.78 is 11.8. The molecule has 32 heavy (non-hydrogen) atoms. The van der Waals surface area contributed by atoms with E-state index in [1.807, 2.05) is 36.4 Å². The first-order valence-electron chi connectivity index (χ1n) is 10.0. The summed E-state index contributed by atoms with van der Waals surface area (Å²) in [6.45, 7) is 2.07. The van der Waals surface area contributed by atoms with Crippen molar-refractivity contribution in [3.63, 3.8) is 0 Å². The van der Waals surface area contributed by atoms with Crippen molar-refractivity contribution in [3.8, 4) is 28.4 Å². The lowest BCUT2D eigenvalue weighted by atomic mass is 9.94. The summed E-state index contributed by atoms with van der Waals surface area (Å²) >= 11 is 5.74. The van der Waals surface area contributed by atoms with Crippen LogP contribution in [0, 0.1) is 6.92 Å². The number of aryl methyl sites for hydroxylation is 1. The molecule has 4 rings (SSSR count). The Kier molecular flexibility index (Phi) is 6.15. The number of carbonyl (C=O) groups is 1. The molecule has 0 unspecified atom stereocenters. The SMILES string of the molecule is COc1ccc2c(Oc3ccc(C=C(Cl)C(=O)O)cc3)c(-c3ccccc3)c(C)cc2c1. The van der Waals surface area contributed by atoms with Crippen molar-refractivity contribution in [2.45, 2.75) is 6.92 Å². The first-order valence-corrected chi connectivity index (χ1v) is 10.4. The van der Waals surface area contributed by atoms with E-state index in [9.17, 15) is 4.79 Å². The lowest BCUT2D eigenvalue weighted by Gasteiger charge is -2.18. The van der Waals surface area contributed by atoms with Gasteiger partial charge in [0.1, 0.15) is 22.3 Å². The maximum atomic E-state index is 11.0. The van der Waals surface area contributed by atoms with Gasteiger partial charge < -0.3 is 14.6 Å². The molecule has 0 aliphatic carbocycles. The third-order valence-corrected chi connectivity index (χ3v) is 5.43. The molecule has 0 aliphatic heterocycles. The number of carboxylic acid groups (broad SMARTS) is 1. The highest BCUT2D eigenvalue weighted by Crippen LogP contribution is 2.42. The van der Waals surface area contributed by atoms with Crippen LogP contribution in [-0.4, -0.2) is 18.2 Å². The fourth-order valence-electron chi connectivity index (χ4n) is 3.64. The minimum atomic E-state index is -1.17. The van der Waals surface area contributed by atoms with Crippen molar-refractivity contribution in [1.82, 2.24) is 0 Å². The zero-order valence-electron chi connectivity index (χ0n) is 17.6. The normalized spacial score (nSPS) is 11.4. The molecule has 4 nitrogen and oxygen atoms in total. The monoisotopic (exact) mass is 444 g/mol. The molecule has 160 valence electrons. The number of hydrogen-bond acceptors (Lipinski definition) is 3. The van der Waals surface area contributed by atoms with Crippen LogP contribution in [0.2, 0.25) is 0 Å². The molecule has 0 aromatic heterocycles. The average Bonchev–Trinajstić information content (AvgIpc) is 2.80. The van der Waals surface area contributed by atoms with E-state index < -0.39 is 5.97 Å². The molecule has 4 aromatic carbocycles. The highest BCUT2D eigenvalue weighted by atomic mass is 35.5. The average molecular weight is 445 g/mol. The fourth-order valence-corrected chi connectivity index (χ4v) is 3.77. The highest BCUT2D eigenvalue weighted by Gasteiger charge is 2.16. The highest BCUT2D eigenvalue weighted by molar-refractivity contribution is 6.42. The van der Waals surface area contributed by atoms with E-state index in [-0.39, 0.29) is 5.03 Å².